The molecule has 2 heterocycles. The fourth-order valence-electron chi connectivity index (χ4n) is 1.29. The van der Waals surface area contributed by atoms with Crippen molar-refractivity contribution in [2.75, 3.05) is 5.75 Å². The predicted octanol–water partition coefficient (Wildman–Crippen LogP) is 0.930. The Labute approximate surface area is 95.7 Å². The van der Waals surface area contributed by atoms with E-state index in [1.54, 1.807) is 17.9 Å². The van der Waals surface area contributed by atoms with Crippen molar-refractivity contribution in [1.29, 1.82) is 0 Å². The fourth-order valence-corrected chi connectivity index (χ4v) is 2.18. The van der Waals surface area contributed by atoms with Crippen molar-refractivity contribution in [3.63, 3.8) is 0 Å². The Morgan fingerprint density at radius 2 is 2.38 bits per heavy atom. The van der Waals surface area contributed by atoms with Gasteiger partial charge in [0.25, 0.3) is 0 Å². The van der Waals surface area contributed by atoms with Crippen molar-refractivity contribution in [1.82, 2.24) is 19.7 Å². The lowest BCUT2D eigenvalue weighted by molar-refractivity contribution is -0.136. The lowest BCUT2D eigenvalue weighted by Crippen LogP contribution is -1.97. The summed E-state index contributed by atoms with van der Waals surface area (Å²) in [5, 5.41) is 14.3. The maximum atomic E-state index is 10.4. The van der Waals surface area contributed by atoms with E-state index in [1.807, 2.05) is 0 Å². The number of fused-ring (bicyclic) bond motifs is 1. The zero-order chi connectivity index (χ0) is 11.5. The summed E-state index contributed by atoms with van der Waals surface area (Å²) in [6, 6.07) is 0. The van der Waals surface area contributed by atoms with Crippen molar-refractivity contribution < 1.29 is 9.90 Å². The zero-order valence-corrected chi connectivity index (χ0v) is 9.44. The summed E-state index contributed by atoms with van der Waals surface area (Å²) in [5.74, 6) is -0.305. The maximum Gasteiger partial charge on any atom is 0.304 e. The van der Waals surface area contributed by atoms with Gasteiger partial charge >= 0.3 is 5.97 Å². The smallest absolute Gasteiger partial charge is 0.304 e. The van der Waals surface area contributed by atoms with Gasteiger partial charge in [-0.2, -0.15) is 5.10 Å². The first kappa shape index (κ1) is 10.9. The average molecular weight is 238 g/mol. The van der Waals surface area contributed by atoms with Crippen molar-refractivity contribution in [2.24, 2.45) is 7.05 Å². The molecule has 2 aromatic heterocycles. The molecule has 0 saturated heterocycles. The summed E-state index contributed by atoms with van der Waals surface area (Å²) in [7, 11) is 1.81. The molecule has 2 rings (SSSR count). The second kappa shape index (κ2) is 4.48. The molecular formula is C9H10N4O2S. The number of carboxylic acids is 1. The van der Waals surface area contributed by atoms with Crippen molar-refractivity contribution >= 4 is 28.8 Å². The quantitative estimate of drug-likeness (QED) is 0.630. The number of thioether (sulfide) groups is 1. The van der Waals surface area contributed by atoms with E-state index >= 15 is 0 Å². The highest BCUT2D eigenvalue weighted by Crippen LogP contribution is 2.23. The van der Waals surface area contributed by atoms with Crippen LogP contribution in [0.3, 0.4) is 0 Å². The number of aryl methyl sites for hydroxylation is 1. The van der Waals surface area contributed by atoms with E-state index < -0.39 is 5.97 Å². The number of hydrogen-bond acceptors (Lipinski definition) is 5. The first-order valence-electron chi connectivity index (χ1n) is 4.66. The summed E-state index contributed by atoms with van der Waals surface area (Å²) >= 11 is 1.41. The molecule has 16 heavy (non-hydrogen) atoms. The van der Waals surface area contributed by atoms with Gasteiger partial charge in [-0.1, -0.05) is 0 Å². The Hall–Kier alpha value is -1.63. The number of rotatable bonds is 4. The molecule has 0 aliphatic heterocycles. The molecule has 6 nitrogen and oxygen atoms in total. The second-order valence-electron chi connectivity index (χ2n) is 3.18. The first-order valence-corrected chi connectivity index (χ1v) is 5.64. The van der Waals surface area contributed by atoms with Crippen LogP contribution in [-0.4, -0.2) is 36.6 Å². The lowest BCUT2D eigenvalue weighted by atomic mass is 10.4. The largest absolute Gasteiger partial charge is 0.481 e. The molecule has 0 aromatic carbocycles. The highest BCUT2D eigenvalue weighted by molar-refractivity contribution is 7.99. The monoisotopic (exact) mass is 238 g/mol. The van der Waals surface area contributed by atoms with Crippen LogP contribution in [0.5, 0.6) is 0 Å². The van der Waals surface area contributed by atoms with Gasteiger partial charge in [0.05, 0.1) is 18.0 Å². The Balaban J connectivity index is 2.20. The van der Waals surface area contributed by atoms with Crippen LogP contribution in [0.4, 0.5) is 0 Å². The third-order valence-corrected chi connectivity index (χ3v) is 3.05. The van der Waals surface area contributed by atoms with Crippen LogP contribution in [0.15, 0.2) is 17.6 Å². The fraction of sp³-hybridized carbons (Fsp3) is 0.333. The van der Waals surface area contributed by atoms with Crippen LogP contribution in [0.1, 0.15) is 6.42 Å². The van der Waals surface area contributed by atoms with Crippen LogP contribution in [0.25, 0.3) is 11.0 Å². The van der Waals surface area contributed by atoms with E-state index in [0.717, 1.165) is 16.1 Å². The summed E-state index contributed by atoms with van der Waals surface area (Å²) in [5.41, 5.74) is 0.757. The van der Waals surface area contributed by atoms with E-state index in [0.29, 0.717) is 5.75 Å². The topological polar surface area (TPSA) is 80.9 Å². The minimum absolute atomic E-state index is 0.121. The van der Waals surface area contributed by atoms with E-state index in [-0.39, 0.29) is 6.42 Å². The number of aromatic nitrogens is 4. The molecule has 0 aliphatic rings. The van der Waals surface area contributed by atoms with Gasteiger partial charge in [-0.15, -0.1) is 11.8 Å². The SMILES string of the molecule is Cn1ncc2c(SCCC(=O)O)ncnc21. The van der Waals surface area contributed by atoms with E-state index in [2.05, 4.69) is 15.1 Å². The maximum absolute atomic E-state index is 10.4. The summed E-state index contributed by atoms with van der Waals surface area (Å²) in [6.07, 6.45) is 3.28. The molecule has 2 aromatic rings. The molecule has 0 radical (unpaired) electrons. The summed E-state index contributed by atoms with van der Waals surface area (Å²) in [6.45, 7) is 0. The van der Waals surface area contributed by atoms with Gasteiger partial charge in [0, 0.05) is 12.8 Å². The van der Waals surface area contributed by atoms with Crippen molar-refractivity contribution in [3.8, 4) is 0 Å². The summed E-state index contributed by atoms with van der Waals surface area (Å²) < 4.78 is 1.66. The van der Waals surface area contributed by atoms with E-state index in [9.17, 15) is 4.79 Å². The van der Waals surface area contributed by atoms with Crippen LogP contribution >= 0.6 is 11.8 Å². The Bertz CT molecular complexity index is 525. The number of hydrogen-bond donors (Lipinski definition) is 1. The highest BCUT2D eigenvalue weighted by atomic mass is 32.2. The van der Waals surface area contributed by atoms with Crippen LogP contribution < -0.4 is 0 Å². The van der Waals surface area contributed by atoms with Crippen molar-refractivity contribution in [2.45, 2.75) is 11.4 Å². The number of nitrogens with zero attached hydrogens (tertiary/aromatic N) is 4. The van der Waals surface area contributed by atoms with Crippen LogP contribution in [-0.2, 0) is 11.8 Å². The van der Waals surface area contributed by atoms with Gasteiger partial charge in [0.2, 0.25) is 0 Å². The van der Waals surface area contributed by atoms with E-state index in [4.69, 9.17) is 5.11 Å². The molecule has 0 unspecified atom stereocenters. The molecule has 84 valence electrons. The molecule has 0 amide bonds. The van der Waals surface area contributed by atoms with Gasteiger partial charge in [0.15, 0.2) is 5.65 Å². The summed E-state index contributed by atoms with van der Waals surface area (Å²) in [4.78, 5) is 18.6. The molecule has 0 saturated carbocycles. The standard InChI is InChI=1S/C9H10N4O2S/c1-13-8-6(4-12-13)9(11-5-10-8)16-3-2-7(14)15/h4-5H,2-3H2,1H3,(H,14,15). The third-order valence-electron chi connectivity index (χ3n) is 2.05. The molecule has 0 fully saturated rings. The number of carboxylic acid groups (broad SMARTS) is 1. The molecular weight excluding hydrogens is 228 g/mol. The second-order valence-corrected chi connectivity index (χ2v) is 4.26. The molecule has 0 bridgehead atoms. The van der Waals surface area contributed by atoms with Gasteiger partial charge in [0.1, 0.15) is 11.4 Å². The zero-order valence-electron chi connectivity index (χ0n) is 8.62. The third kappa shape index (κ3) is 2.13. The van der Waals surface area contributed by atoms with Gasteiger partial charge < -0.3 is 5.11 Å². The van der Waals surface area contributed by atoms with Crippen LogP contribution in [0, 0.1) is 0 Å². The Morgan fingerprint density at radius 3 is 3.12 bits per heavy atom. The minimum Gasteiger partial charge on any atom is -0.481 e. The Morgan fingerprint density at radius 1 is 1.56 bits per heavy atom. The Kier molecular flexibility index (Phi) is 3.04. The van der Waals surface area contributed by atoms with E-state index in [1.165, 1.54) is 18.1 Å². The minimum atomic E-state index is -0.802. The highest BCUT2D eigenvalue weighted by Gasteiger charge is 2.08. The van der Waals surface area contributed by atoms with Gasteiger partial charge in [-0.25, -0.2) is 9.97 Å². The van der Waals surface area contributed by atoms with Crippen molar-refractivity contribution in [3.05, 3.63) is 12.5 Å². The van der Waals surface area contributed by atoms with Gasteiger partial charge in [-0.3, -0.25) is 9.48 Å². The molecule has 1 N–H and O–H groups in total. The molecule has 0 atom stereocenters. The molecule has 0 aliphatic carbocycles. The first-order chi connectivity index (χ1) is 7.68. The lowest BCUT2D eigenvalue weighted by Gasteiger charge is -1.99. The average Bonchev–Trinajstić information content (AvgIpc) is 2.61. The molecule has 0 spiro atoms. The van der Waals surface area contributed by atoms with Gasteiger partial charge in [-0.05, 0) is 0 Å². The predicted molar refractivity (Wildman–Crippen MR) is 59.3 cm³/mol. The number of aliphatic carboxylic acids is 1. The number of carbonyl (C=O) groups is 1. The normalized spacial score (nSPS) is 10.8. The van der Waals surface area contributed by atoms with Crippen LogP contribution in [0.2, 0.25) is 0 Å². The molecule has 7 heteroatoms.